The second kappa shape index (κ2) is 9.89. The minimum absolute atomic E-state index is 0.126. The molecule has 33 heavy (non-hydrogen) atoms. The van der Waals surface area contributed by atoms with Crippen LogP contribution in [0, 0.1) is 28.7 Å². The van der Waals surface area contributed by atoms with Crippen LogP contribution in [0.15, 0.2) is 55.1 Å². The monoisotopic (exact) mass is 454 g/mol. The van der Waals surface area contributed by atoms with Crippen molar-refractivity contribution in [1.29, 1.82) is 0 Å². The van der Waals surface area contributed by atoms with Crippen LogP contribution in [0.1, 0.15) is 44.1 Å². The molecule has 0 aromatic carbocycles. The van der Waals surface area contributed by atoms with E-state index < -0.39 is 11.6 Å². The Balaban J connectivity index is 1.34. The van der Waals surface area contributed by atoms with Gasteiger partial charge >= 0.3 is 0 Å². The summed E-state index contributed by atoms with van der Waals surface area (Å²) < 4.78 is 32.7. The Morgan fingerprint density at radius 2 is 1.97 bits per heavy atom. The number of carbonyl (C=O) groups is 1. The van der Waals surface area contributed by atoms with Crippen molar-refractivity contribution in [3.05, 3.63) is 77.5 Å². The lowest BCUT2D eigenvalue weighted by molar-refractivity contribution is -0.605. The number of amides is 1. The van der Waals surface area contributed by atoms with Crippen molar-refractivity contribution in [3.8, 4) is 11.6 Å². The van der Waals surface area contributed by atoms with Crippen LogP contribution >= 0.6 is 0 Å². The standard InChI is InChI=1S/C24H24F2N4O3/c1-15(17-3-2-4-18(11-17)16-7-9-30(32)10-8-16)23(31)29-22-6-5-20(14-27-22)33-24-21(26)12-19(25)13-28-24/h5-10,12-15,17-18H,2-4,11H2,1H3,(H,27,29,31). The van der Waals surface area contributed by atoms with E-state index in [0.29, 0.717) is 17.8 Å². The average molecular weight is 454 g/mol. The zero-order chi connectivity index (χ0) is 23.4. The minimum atomic E-state index is -0.922. The topological polar surface area (TPSA) is 91.0 Å². The number of nitrogens with one attached hydrogen (secondary N) is 1. The van der Waals surface area contributed by atoms with Crippen molar-refractivity contribution in [3.63, 3.8) is 0 Å². The molecule has 0 bridgehead atoms. The third-order valence-electron chi connectivity index (χ3n) is 6.11. The molecule has 3 atom stereocenters. The first-order chi connectivity index (χ1) is 15.9. The van der Waals surface area contributed by atoms with E-state index in [1.54, 1.807) is 6.07 Å². The maximum Gasteiger partial charge on any atom is 0.256 e. The lowest BCUT2D eigenvalue weighted by Crippen LogP contribution is -2.30. The van der Waals surface area contributed by atoms with E-state index in [9.17, 15) is 18.8 Å². The summed E-state index contributed by atoms with van der Waals surface area (Å²) >= 11 is 0. The summed E-state index contributed by atoms with van der Waals surface area (Å²) in [6, 6.07) is 7.45. The highest BCUT2D eigenvalue weighted by Crippen LogP contribution is 2.39. The molecule has 3 heterocycles. The number of ether oxygens (including phenoxy) is 1. The summed E-state index contributed by atoms with van der Waals surface area (Å²) in [5.41, 5.74) is 1.13. The normalized spacial score (nSPS) is 19.0. The zero-order valence-electron chi connectivity index (χ0n) is 18.1. The quantitative estimate of drug-likeness (QED) is 0.430. The third kappa shape index (κ3) is 5.60. The average Bonchev–Trinajstić information content (AvgIpc) is 2.82. The van der Waals surface area contributed by atoms with Crippen molar-refractivity contribution in [2.75, 3.05) is 5.32 Å². The molecule has 3 aromatic rings. The van der Waals surface area contributed by atoms with E-state index in [0.717, 1.165) is 42.2 Å². The molecule has 0 radical (unpaired) electrons. The van der Waals surface area contributed by atoms with Gasteiger partial charge < -0.3 is 15.3 Å². The molecule has 1 aliphatic carbocycles. The van der Waals surface area contributed by atoms with E-state index in [1.807, 2.05) is 19.1 Å². The van der Waals surface area contributed by atoms with Gasteiger partial charge in [0.15, 0.2) is 18.2 Å². The number of anilines is 1. The van der Waals surface area contributed by atoms with E-state index in [2.05, 4.69) is 15.3 Å². The number of carbonyl (C=O) groups excluding carboxylic acids is 1. The van der Waals surface area contributed by atoms with Crippen LogP contribution in [0.3, 0.4) is 0 Å². The fourth-order valence-corrected chi connectivity index (χ4v) is 4.24. The number of pyridine rings is 3. The fourth-order valence-electron chi connectivity index (χ4n) is 4.24. The first kappa shape index (κ1) is 22.6. The highest BCUT2D eigenvalue weighted by molar-refractivity contribution is 5.91. The lowest BCUT2D eigenvalue weighted by Gasteiger charge is -2.32. The largest absolute Gasteiger partial charge is 0.619 e. The van der Waals surface area contributed by atoms with Crippen molar-refractivity contribution in [1.82, 2.24) is 9.97 Å². The van der Waals surface area contributed by atoms with Gasteiger partial charge in [0.2, 0.25) is 5.91 Å². The van der Waals surface area contributed by atoms with E-state index in [1.165, 1.54) is 24.7 Å². The molecule has 1 N–H and O–H groups in total. The molecule has 3 unspecified atom stereocenters. The van der Waals surface area contributed by atoms with Gasteiger partial charge in [0, 0.05) is 24.1 Å². The van der Waals surface area contributed by atoms with Crippen LogP contribution in [-0.2, 0) is 4.79 Å². The molecule has 7 nitrogen and oxygen atoms in total. The summed E-state index contributed by atoms with van der Waals surface area (Å²) in [6.07, 6.45) is 9.12. The zero-order valence-corrected chi connectivity index (χ0v) is 18.1. The Labute approximate surface area is 190 Å². The highest BCUT2D eigenvalue weighted by Gasteiger charge is 2.31. The number of nitrogens with zero attached hydrogens (tertiary/aromatic N) is 3. The molecular weight excluding hydrogens is 430 g/mol. The summed E-state index contributed by atoms with van der Waals surface area (Å²) in [7, 11) is 0. The van der Waals surface area contributed by atoms with Crippen LogP contribution in [0.5, 0.6) is 11.6 Å². The first-order valence-electron chi connectivity index (χ1n) is 10.8. The van der Waals surface area contributed by atoms with Gasteiger partial charge in [-0.05, 0) is 48.8 Å². The molecule has 1 amide bonds. The van der Waals surface area contributed by atoms with Gasteiger partial charge in [-0.1, -0.05) is 13.3 Å². The fraction of sp³-hybridized carbons (Fsp3) is 0.333. The molecule has 172 valence electrons. The SMILES string of the molecule is CC(C(=O)Nc1ccc(Oc2ncc(F)cc2F)cn1)C1CCCC(c2cc[n+]([O-])cc2)C1. The Kier molecular flexibility index (Phi) is 6.76. The number of aromatic nitrogens is 3. The molecule has 9 heteroatoms. The predicted molar refractivity (Wildman–Crippen MR) is 116 cm³/mol. The summed E-state index contributed by atoms with van der Waals surface area (Å²) in [5.74, 6) is -1.32. The molecule has 3 aromatic heterocycles. The third-order valence-corrected chi connectivity index (χ3v) is 6.11. The summed E-state index contributed by atoms with van der Waals surface area (Å²) in [5, 5.41) is 14.1. The van der Waals surface area contributed by atoms with Gasteiger partial charge in [-0.25, -0.2) is 18.7 Å². The Morgan fingerprint density at radius 3 is 2.67 bits per heavy atom. The first-order valence-corrected chi connectivity index (χ1v) is 10.8. The molecule has 1 fully saturated rings. The van der Waals surface area contributed by atoms with Gasteiger partial charge in [-0.15, -0.1) is 0 Å². The van der Waals surface area contributed by atoms with E-state index >= 15 is 0 Å². The maximum absolute atomic E-state index is 13.7. The number of hydrogen-bond donors (Lipinski definition) is 1. The molecule has 0 saturated heterocycles. The number of hydrogen-bond acceptors (Lipinski definition) is 5. The number of halogens is 2. The highest BCUT2D eigenvalue weighted by atomic mass is 19.1. The second-order valence-electron chi connectivity index (χ2n) is 8.31. The molecular formula is C24H24F2N4O3. The maximum atomic E-state index is 13.7. The van der Waals surface area contributed by atoms with Crippen LogP contribution in [0.4, 0.5) is 14.6 Å². The van der Waals surface area contributed by atoms with Crippen molar-refractivity contribution >= 4 is 11.7 Å². The molecule has 0 spiro atoms. The smallest absolute Gasteiger partial charge is 0.256 e. The molecule has 1 aliphatic rings. The number of rotatable bonds is 6. The summed E-state index contributed by atoms with van der Waals surface area (Å²) in [4.78, 5) is 20.5. The van der Waals surface area contributed by atoms with E-state index in [4.69, 9.17) is 4.74 Å². The summed E-state index contributed by atoms with van der Waals surface area (Å²) in [6.45, 7) is 1.92. The van der Waals surface area contributed by atoms with Crippen molar-refractivity contribution < 1.29 is 23.0 Å². The Bertz CT molecular complexity index is 1110. The van der Waals surface area contributed by atoms with Gasteiger partial charge in [0.1, 0.15) is 17.4 Å². The molecule has 1 saturated carbocycles. The predicted octanol–water partition coefficient (Wildman–Crippen LogP) is 4.73. The van der Waals surface area contributed by atoms with Gasteiger partial charge in [-0.2, -0.15) is 4.73 Å². The minimum Gasteiger partial charge on any atom is -0.619 e. The lowest BCUT2D eigenvalue weighted by atomic mass is 9.73. The van der Waals surface area contributed by atoms with Gasteiger partial charge in [0.25, 0.3) is 5.88 Å². The molecule has 4 rings (SSSR count). The second-order valence-corrected chi connectivity index (χ2v) is 8.31. The Morgan fingerprint density at radius 1 is 1.18 bits per heavy atom. The van der Waals surface area contributed by atoms with E-state index in [-0.39, 0.29) is 29.4 Å². The van der Waals surface area contributed by atoms with Crippen molar-refractivity contribution in [2.45, 2.75) is 38.5 Å². The molecule has 0 aliphatic heterocycles. The van der Waals surface area contributed by atoms with Gasteiger partial charge in [0.05, 0.1) is 12.4 Å². The Hall–Kier alpha value is -3.62. The van der Waals surface area contributed by atoms with Crippen LogP contribution in [-0.4, -0.2) is 15.9 Å². The van der Waals surface area contributed by atoms with Crippen LogP contribution < -0.4 is 14.8 Å². The van der Waals surface area contributed by atoms with Gasteiger partial charge in [-0.3, -0.25) is 4.79 Å². The van der Waals surface area contributed by atoms with Crippen LogP contribution in [0.2, 0.25) is 0 Å². The van der Waals surface area contributed by atoms with Crippen LogP contribution in [0.25, 0.3) is 0 Å². The van der Waals surface area contributed by atoms with Crippen molar-refractivity contribution in [2.24, 2.45) is 11.8 Å².